The van der Waals surface area contributed by atoms with Crippen LogP contribution < -0.4 is 30.8 Å². The Kier molecular flexibility index (Phi) is 8.88. The van der Waals surface area contributed by atoms with E-state index >= 15 is 4.39 Å². The Morgan fingerprint density at radius 3 is 2.33 bits per heavy atom. The van der Waals surface area contributed by atoms with Crippen molar-refractivity contribution in [1.29, 1.82) is 0 Å². The summed E-state index contributed by atoms with van der Waals surface area (Å²) in [6.45, 7) is -1.16. The average molecular weight is 621 g/mol. The second-order valence-corrected chi connectivity index (χ2v) is 9.67. The number of aromatic nitrogens is 3. The lowest BCUT2D eigenvalue weighted by molar-refractivity contribution is 0.0796. The van der Waals surface area contributed by atoms with Crippen molar-refractivity contribution in [3.05, 3.63) is 111 Å². The molecule has 0 bridgehead atoms. The Morgan fingerprint density at radius 2 is 1.67 bits per heavy atom. The van der Waals surface area contributed by atoms with E-state index in [-0.39, 0.29) is 22.9 Å². The molecule has 1 atom stereocenters. The molecule has 0 spiro atoms. The van der Waals surface area contributed by atoms with E-state index in [1.165, 1.54) is 50.7 Å². The van der Waals surface area contributed by atoms with Crippen LogP contribution in [0.4, 0.5) is 14.5 Å². The first-order chi connectivity index (χ1) is 21.6. The third kappa shape index (κ3) is 6.37. The number of hydrogen-bond donors (Lipinski definition) is 3. The summed E-state index contributed by atoms with van der Waals surface area (Å²) in [5, 5.41) is 22.1. The van der Waals surface area contributed by atoms with Gasteiger partial charge in [-0.25, -0.2) is 18.1 Å². The van der Waals surface area contributed by atoms with Gasteiger partial charge in [-0.3, -0.25) is 19.1 Å². The van der Waals surface area contributed by atoms with Crippen molar-refractivity contribution in [2.24, 2.45) is 0 Å². The molecule has 3 N–H and O–H groups in total. The van der Waals surface area contributed by atoms with Gasteiger partial charge in [-0.2, -0.15) is 0 Å². The molecule has 5 rings (SSSR count). The standard InChI is InChI=1S/C31H26F2N4O8/c1-43-27-12-21-24(13-28(27)44-2)34-10-9-25(21)45-26-8-5-18(11-23(26)33)35-29(40)22-15-36(14-20(39)16-38)31(42)37(30(22)41)19-6-3-17(32)4-7-19/h3-13,15,20,38-39H,14,16H2,1-2H3,(H,35,40)/t20-/m0/s1. The van der Waals surface area contributed by atoms with E-state index in [1.807, 2.05) is 0 Å². The SMILES string of the molecule is COc1cc2nccc(Oc3ccc(NC(=O)c4cn(C[C@H](O)CO)c(=O)n(-c5ccc(F)cc5)c4=O)cc3F)c2cc1OC. The molecule has 45 heavy (non-hydrogen) atoms. The molecule has 0 saturated carbocycles. The summed E-state index contributed by atoms with van der Waals surface area (Å²) in [6.07, 6.45) is 1.01. The fraction of sp³-hybridized carbons (Fsp3) is 0.161. The number of rotatable bonds is 10. The minimum Gasteiger partial charge on any atom is -0.493 e. The number of carbonyl (C=O) groups excluding carboxylic acids is 1. The van der Waals surface area contributed by atoms with Gasteiger partial charge in [0.25, 0.3) is 11.5 Å². The van der Waals surface area contributed by atoms with Crippen molar-refractivity contribution in [2.75, 3.05) is 26.1 Å². The third-order valence-corrected chi connectivity index (χ3v) is 6.72. The second kappa shape index (κ2) is 13.0. The first-order valence-corrected chi connectivity index (χ1v) is 13.3. The molecular weight excluding hydrogens is 594 g/mol. The first kappa shape index (κ1) is 30.8. The van der Waals surface area contributed by atoms with Crippen LogP contribution >= 0.6 is 0 Å². The highest BCUT2D eigenvalue weighted by Gasteiger charge is 2.21. The Hall–Kier alpha value is -5.60. The molecule has 2 aromatic heterocycles. The molecule has 12 nitrogen and oxygen atoms in total. The molecule has 0 saturated heterocycles. The van der Waals surface area contributed by atoms with Gasteiger partial charge in [0.1, 0.15) is 17.1 Å². The molecule has 1 amide bonds. The van der Waals surface area contributed by atoms with Gasteiger partial charge in [-0.15, -0.1) is 0 Å². The number of nitrogens with zero attached hydrogens (tertiary/aromatic N) is 3. The molecule has 0 aliphatic carbocycles. The number of aliphatic hydroxyl groups is 2. The number of fused-ring (bicyclic) bond motifs is 1. The smallest absolute Gasteiger partial charge is 0.335 e. The van der Waals surface area contributed by atoms with Gasteiger partial charge in [0.05, 0.1) is 44.7 Å². The first-order valence-electron chi connectivity index (χ1n) is 13.3. The fourth-order valence-electron chi connectivity index (χ4n) is 4.51. The maximum absolute atomic E-state index is 15.2. The predicted octanol–water partition coefficient (Wildman–Crippen LogP) is 3.24. The number of nitrogens with one attached hydrogen (secondary N) is 1. The van der Waals surface area contributed by atoms with Crippen LogP contribution in [0.5, 0.6) is 23.0 Å². The lowest BCUT2D eigenvalue weighted by Crippen LogP contribution is -2.43. The molecule has 5 aromatic rings. The van der Waals surface area contributed by atoms with Gasteiger partial charge in [0.15, 0.2) is 23.1 Å². The van der Waals surface area contributed by atoms with Crippen molar-refractivity contribution >= 4 is 22.5 Å². The second-order valence-electron chi connectivity index (χ2n) is 9.67. The van der Waals surface area contributed by atoms with E-state index in [0.717, 1.165) is 29.0 Å². The van der Waals surface area contributed by atoms with Crippen LogP contribution in [0.15, 0.2) is 82.6 Å². The number of ether oxygens (including phenoxy) is 3. The number of anilines is 1. The number of amides is 1. The number of aliphatic hydroxyl groups excluding tert-OH is 2. The third-order valence-electron chi connectivity index (χ3n) is 6.72. The minimum atomic E-state index is -1.39. The number of benzene rings is 3. The van der Waals surface area contributed by atoms with Gasteiger partial charge in [0.2, 0.25) is 0 Å². The number of halogens is 2. The normalized spacial score (nSPS) is 11.7. The molecule has 0 aliphatic heterocycles. The van der Waals surface area contributed by atoms with Crippen LogP contribution in [0.2, 0.25) is 0 Å². The summed E-state index contributed by atoms with van der Waals surface area (Å²) in [5.74, 6) is -1.52. The van der Waals surface area contributed by atoms with E-state index in [1.54, 1.807) is 12.1 Å². The quantitative estimate of drug-likeness (QED) is 0.214. The summed E-state index contributed by atoms with van der Waals surface area (Å²) in [4.78, 5) is 43.9. The average Bonchev–Trinajstić information content (AvgIpc) is 3.03. The molecule has 0 radical (unpaired) electrons. The zero-order valence-electron chi connectivity index (χ0n) is 23.9. The van der Waals surface area contributed by atoms with Crippen LogP contribution in [-0.4, -0.2) is 57.2 Å². The van der Waals surface area contributed by atoms with Crippen molar-refractivity contribution in [3.8, 4) is 28.7 Å². The van der Waals surface area contributed by atoms with Crippen LogP contribution in [0.25, 0.3) is 16.6 Å². The van der Waals surface area contributed by atoms with Crippen LogP contribution in [0, 0.1) is 11.6 Å². The van der Waals surface area contributed by atoms with Crippen LogP contribution in [-0.2, 0) is 6.54 Å². The maximum atomic E-state index is 15.2. The largest absolute Gasteiger partial charge is 0.493 e. The zero-order valence-corrected chi connectivity index (χ0v) is 23.9. The molecule has 232 valence electrons. The van der Waals surface area contributed by atoms with Crippen molar-refractivity contribution in [1.82, 2.24) is 14.1 Å². The van der Waals surface area contributed by atoms with Gasteiger partial charge in [-0.1, -0.05) is 0 Å². The summed E-state index contributed by atoms with van der Waals surface area (Å²) in [7, 11) is 2.96. The monoisotopic (exact) mass is 620 g/mol. The highest BCUT2D eigenvalue weighted by atomic mass is 19.1. The number of methoxy groups -OCH3 is 2. The summed E-state index contributed by atoms with van der Waals surface area (Å²) < 4.78 is 46.7. The molecular formula is C31H26F2N4O8. The Labute approximate surface area is 253 Å². The van der Waals surface area contributed by atoms with Crippen molar-refractivity contribution < 1.29 is 38.0 Å². The van der Waals surface area contributed by atoms with Crippen molar-refractivity contribution in [3.63, 3.8) is 0 Å². The Bertz CT molecular complexity index is 2010. The molecule has 0 aliphatic rings. The van der Waals surface area contributed by atoms with E-state index in [2.05, 4.69) is 10.3 Å². The molecule has 14 heteroatoms. The lowest BCUT2D eigenvalue weighted by Gasteiger charge is -2.15. The number of hydrogen-bond acceptors (Lipinski definition) is 9. The van der Waals surface area contributed by atoms with Gasteiger partial charge >= 0.3 is 5.69 Å². The zero-order chi connectivity index (χ0) is 32.2. The van der Waals surface area contributed by atoms with E-state index in [4.69, 9.17) is 14.2 Å². The number of pyridine rings is 1. The predicted molar refractivity (Wildman–Crippen MR) is 159 cm³/mol. The van der Waals surface area contributed by atoms with Gasteiger partial charge < -0.3 is 29.7 Å². The van der Waals surface area contributed by atoms with E-state index < -0.39 is 53.6 Å². The Balaban J connectivity index is 1.46. The molecule has 2 heterocycles. The van der Waals surface area contributed by atoms with Gasteiger partial charge in [0, 0.05) is 35.6 Å². The lowest BCUT2D eigenvalue weighted by atomic mass is 10.1. The van der Waals surface area contributed by atoms with Crippen molar-refractivity contribution in [2.45, 2.75) is 12.6 Å². The maximum Gasteiger partial charge on any atom is 0.335 e. The molecule has 0 unspecified atom stereocenters. The topological polar surface area (TPSA) is 154 Å². The highest BCUT2D eigenvalue weighted by molar-refractivity contribution is 6.04. The Morgan fingerprint density at radius 1 is 0.956 bits per heavy atom. The van der Waals surface area contributed by atoms with E-state index in [0.29, 0.717) is 27.0 Å². The fourth-order valence-corrected chi connectivity index (χ4v) is 4.51. The minimum absolute atomic E-state index is 0.0412. The van der Waals surface area contributed by atoms with Crippen LogP contribution in [0.1, 0.15) is 10.4 Å². The molecule has 3 aromatic carbocycles. The van der Waals surface area contributed by atoms with Gasteiger partial charge in [-0.05, 0) is 48.5 Å². The number of carbonyl (C=O) groups is 1. The van der Waals surface area contributed by atoms with E-state index in [9.17, 15) is 29.0 Å². The van der Waals surface area contributed by atoms with Crippen LogP contribution in [0.3, 0.4) is 0 Å². The summed E-state index contributed by atoms with van der Waals surface area (Å²) in [6, 6.07) is 12.8. The summed E-state index contributed by atoms with van der Waals surface area (Å²) in [5.41, 5.74) is -2.11. The molecule has 0 fully saturated rings. The summed E-state index contributed by atoms with van der Waals surface area (Å²) >= 11 is 0. The highest BCUT2D eigenvalue weighted by Crippen LogP contribution is 2.37.